The first-order valence-electron chi connectivity index (χ1n) is 11.0. The molecule has 0 radical (unpaired) electrons. The van der Waals surface area contributed by atoms with E-state index in [-0.39, 0.29) is 18.0 Å². The van der Waals surface area contributed by atoms with Gasteiger partial charge in [0.05, 0.1) is 5.69 Å². The minimum absolute atomic E-state index is 0.0223. The number of benzene rings is 2. The van der Waals surface area contributed by atoms with E-state index in [1.54, 1.807) is 0 Å². The van der Waals surface area contributed by atoms with Crippen LogP contribution in [0.2, 0.25) is 0 Å². The number of nitrogens with zero attached hydrogens (tertiary/aromatic N) is 5. The van der Waals surface area contributed by atoms with Gasteiger partial charge in [0.25, 0.3) is 5.56 Å². The Hall–Kier alpha value is -4.14. The van der Waals surface area contributed by atoms with E-state index in [2.05, 4.69) is 37.8 Å². The van der Waals surface area contributed by atoms with Crippen molar-refractivity contribution in [2.24, 2.45) is 0 Å². The number of hydrogen-bond acceptors (Lipinski definition) is 6. The van der Waals surface area contributed by atoms with Gasteiger partial charge in [-0.15, -0.1) is 5.10 Å². The van der Waals surface area contributed by atoms with Gasteiger partial charge in [-0.05, 0) is 40.0 Å². The summed E-state index contributed by atoms with van der Waals surface area (Å²) in [4.78, 5) is 29.6. The molecule has 0 aliphatic carbocycles. The highest BCUT2D eigenvalue weighted by atomic mass is 16.2. The summed E-state index contributed by atoms with van der Waals surface area (Å²) >= 11 is 0. The van der Waals surface area contributed by atoms with Crippen molar-refractivity contribution in [1.29, 1.82) is 0 Å². The van der Waals surface area contributed by atoms with Gasteiger partial charge in [0.1, 0.15) is 6.54 Å². The second-order valence-corrected chi connectivity index (χ2v) is 8.07. The fraction of sp³-hybridized carbons (Fsp3) is 0.250. The Kier molecular flexibility index (Phi) is 5.52. The molecule has 0 spiro atoms. The first-order chi connectivity index (χ1) is 16.1. The summed E-state index contributed by atoms with van der Waals surface area (Å²) < 4.78 is 1.43. The molecule has 0 atom stereocenters. The van der Waals surface area contributed by atoms with Crippen LogP contribution < -0.4 is 10.9 Å². The summed E-state index contributed by atoms with van der Waals surface area (Å²) in [7, 11) is 0. The number of fused-ring (bicyclic) bond motifs is 1. The number of aryl methyl sites for hydroxylation is 1. The number of aromatic nitrogens is 6. The number of carbonyl (C=O) groups excluding carboxylic acids is 1. The third-order valence-corrected chi connectivity index (χ3v) is 5.84. The monoisotopic (exact) mass is 441 g/mol. The minimum atomic E-state index is -0.205. The van der Waals surface area contributed by atoms with Gasteiger partial charge in [0.2, 0.25) is 11.9 Å². The van der Waals surface area contributed by atoms with E-state index in [4.69, 9.17) is 0 Å². The Morgan fingerprint density at radius 2 is 1.82 bits per heavy atom. The van der Waals surface area contributed by atoms with Crippen LogP contribution in [0.15, 0.2) is 53.3 Å². The number of H-pyrrole nitrogens is 1. The molecule has 0 saturated carbocycles. The lowest BCUT2D eigenvalue weighted by Gasteiger charge is -2.12. The first-order valence-corrected chi connectivity index (χ1v) is 11.0. The maximum absolute atomic E-state index is 13.2. The van der Waals surface area contributed by atoms with Gasteiger partial charge in [0, 0.05) is 17.5 Å². The molecule has 4 aromatic rings. The van der Waals surface area contributed by atoms with Gasteiger partial charge in [-0.2, -0.15) is 0 Å². The van der Waals surface area contributed by atoms with Crippen LogP contribution in [0.25, 0.3) is 22.5 Å². The molecule has 1 aliphatic rings. The number of unbranched alkanes of at least 4 members (excludes halogenated alkanes) is 1. The highest BCUT2D eigenvalue weighted by Crippen LogP contribution is 2.30. The molecular weight excluding hydrogens is 418 g/mol. The van der Waals surface area contributed by atoms with Crippen molar-refractivity contribution in [2.75, 3.05) is 5.32 Å². The lowest BCUT2D eigenvalue weighted by molar-refractivity contribution is -0.115. The first kappa shape index (κ1) is 20.7. The summed E-state index contributed by atoms with van der Waals surface area (Å²) in [5, 5.41) is 16.9. The zero-order valence-electron chi connectivity index (χ0n) is 18.2. The number of nitrogens with one attached hydrogen (secondary N) is 2. The van der Waals surface area contributed by atoms with E-state index in [9.17, 15) is 9.59 Å². The van der Waals surface area contributed by atoms with Crippen molar-refractivity contribution in [2.45, 2.75) is 39.2 Å². The molecule has 9 nitrogen and oxygen atoms in total. The Morgan fingerprint density at radius 3 is 2.55 bits per heavy atom. The van der Waals surface area contributed by atoms with E-state index in [1.807, 2.05) is 48.5 Å². The molecule has 0 bridgehead atoms. The van der Waals surface area contributed by atoms with Crippen molar-refractivity contribution in [3.63, 3.8) is 0 Å². The van der Waals surface area contributed by atoms with Crippen LogP contribution in [0.1, 0.15) is 36.6 Å². The third kappa shape index (κ3) is 4.05. The van der Waals surface area contributed by atoms with E-state index < -0.39 is 0 Å². The van der Waals surface area contributed by atoms with Gasteiger partial charge in [0.15, 0.2) is 5.82 Å². The molecule has 3 heterocycles. The van der Waals surface area contributed by atoms with Crippen LogP contribution in [0.5, 0.6) is 0 Å². The van der Waals surface area contributed by atoms with E-state index in [1.165, 1.54) is 4.57 Å². The van der Waals surface area contributed by atoms with Crippen molar-refractivity contribution in [1.82, 2.24) is 30.2 Å². The summed E-state index contributed by atoms with van der Waals surface area (Å²) in [6, 6.07) is 16.0. The average molecular weight is 441 g/mol. The second-order valence-electron chi connectivity index (χ2n) is 8.07. The SMILES string of the molecule is CCCCc1nc2n(c(=O)c1Cc1ccc(-c3ccccc3-c3nnn[nH]3)cc1)CC(=O)N2. The molecule has 5 rings (SSSR count). The van der Waals surface area contributed by atoms with Crippen molar-refractivity contribution < 1.29 is 4.79 Å². The van der Waals surface area contributed by atoms with Gasteiger partial charge in [-0.1, -0.05) is 61.9 Å². The number of carbonyl (C=O) groups is 1. The molecule has 1 aliphatic heterocycles. The van der Waals surface area contributed by atoms with Gasteiger partial charge < -0.3 is 0 Å². The van der Waals surface area contributed by atoms with E-state index >= 15 is 0 Å². The normalized spacial score (nSPS) is 12.6. The Morgan fingerprint density at radius 1 is 1.03 bits per heavy atom. The maximum atomic E-state index is 13.2. The average Bonchev–Trinajstić information content (AvgIpc) is 3.50. The quantitative estimate of drug-likeness (QED) is 0.455. The topological polar surface area (TPSA) is 118 Å². The fourth-order valence-electron chi connectivity index (χ4n) is 4.14. The van der Waals surface area contributed by atoms with Crippen molar-refractivity contribution in [3.05, 3.63) is 75.7 Å². The zero-order valence-corrected chi connectivity index (χ0v) is 18.2. The van der Waals surface area contributed by atoms with Crippen LogP contribution in [0.4, 0.5) is 5.95 Å². The maximum Gasteiger partial charge on any atom is 0.259 e. The molecule has 0 fully saturated rings. The molecular formula is C24H23N7O2. The molecule has 33 heavy (non-hydrogen) atoms. The fourth-order valence-corrected chi connectivity index (χ4v) is 4.14. The van der Waals surface area contributed by atoms with Gasteiger partial charge in [-0.25, -0.2) is 10.1 Å². The summed E-state index contributed by atoms with van der Waals surface area (Å²) in [5.74, 6) is 0.757. The van der Waals surface area contributed by atoms with E-state index in [0.29, 0.717) is 30.2 Å². The van der Waals surface area contributed by atoms with E-state index in [0.717, 1.165) is 40.8 Å². The summed E-state index contributed by atoms with van der Waals surface area (Å²) in [5.41, 5.74) is 5.23. The van der Waals surface area contributed by atoms with Crippen LogP contribution in [0.3, 0.4) is 0 Å². The molecule has 2 N–H and O–H groups in total. The molecule has 9 heteroatoms. The van der Waals surface area contributed by atoms with Crippen LogP contribution in [-0.4, -0.2) is 36.1 Å². The molecule has 2 aromatic carbocycles. The molecule has 166 valence electrons. The highest BCUT2D eigenvalue weighted by molar-refractivity contribution is 5.92. The Labute approximate surface area is 189 Å². The lowest BCUT2D eigenvalue weighted by atomic mass is 9.96. The summed E-state index contributed by atoms with van der Waals surface area (Å²) in [6.07, 6.45) is 3.11. The highest BCUT2D eigenvalue weighted by Gasteiger charge is 2.24. The number of aromatic amines is 1. The number of amides is 1. The Balaban J connectivity index is 1.47. The predicted molar refractivity (Wildman–Crippen MR) is 124 cm³/mol. The third-order valence-electron chi connectivity index (χ3n) is 5.84. The Bertz CT molecular complexity index is 1360. The number of rotatable bonds is 7. The molecule has 0 saturated heterocycles. The largest absolute Gasteiger partial charge is 0.294 e. The zero-order chi connectivity index (χ0) is 22.8. The van der Waals surface area contributed by atoms with Crippen molar-refractivity contribution in [3.8, 4) is 22.5 Å². The molecule has 1 amide bonds. The second kappa shape index (κ2) is 8.78. The predicted octanol–water partition coefficient (Wildman–Crippen LogP) is 2.98. The van der Waals surface area contributed by atoms with Crippen LogP contribution in [0, 0.1) is 0 Å². The van der Waals surface area contributed by atoms with Gasteiger partial charge in [-0.3, -0.25) is 19.5 Å². The number of hydrogen-bond donors (Lipinski definition) is 2. The summed E-state index contributed by atoms with van der Waals surface area (Å²) in [6.45, 7) is 2.13. The standard InChI is InChI=1S/C24H23N7O2/c1-2-3-8-20-19(23(33)31-14-21(32)26-24(31)25-20)13-15-9-11-16(12-10-15)17-6-4-5-7-18(17)22-27-29-30-28-22/h4-7,9-12H,2-3,8,13-14H2,1H3,(H,25,26,32)(H,27,28,29,30). The minimum Gasteiger partial charge on any atom is -0.294 e. The number of tetrazole rings is 1. The smallest absolute Gasteiger partial charge is 0.259 e. The number of anilines is 1. The molecule has 0 unspecified atom stereocenters. The molecule has 2 aromatic heterocycles. The van der Waals surface area contributed by atoms with Crippen molar-refractivity contribution >= 4 is 11.9 Å². The van der Waals surface area contributed by atoms with Gasteiger partial charge >= 0.3 is 0 Å². The van der Waals surface area contributed by atoms with Crippen LogP contribution >= 0.6 is 0 Å². The lowest BCUT2D eigenvalue weighted by Crippen LogP contribution is -2.26. The van der Waals surface area contributed by atoms with Crippen LogP contribution in [-0.2, 0) is 24.2 Å².